The highest BCUT2D eigenvalue weighted by Crippen LogP contribution is 2.14. The number of benzene rings is 1. The van der Waals surface area contributed by atoms with Crippen molar-refractivity contribution in [1.29, 1.82) is 0 Å². The molecule has 0 radical (unpaired) electrons. The van der Waals surface area contributed by atoms with E-state index < -0.39 is 0 Å². The van der Waals surface area contributed by atoms with E-state index in [0.29, 0.717) is 17.9 Å². The Morgan fingerprint density at radius 2 is 2.05 bits per heavy atom. The maximum atomic E-state index is 12.0. The van der Waals surface area contributed by atoms with Crippen molar-refractivity contribution in [3.63, 3.8) is 0 Å². The predicted molar refractivity (Wildman–Crippen MR) is 82.7 cm³/mol. The summed E-state index contributed by atoms with van der Waals surface area (Å²) >= 11 is 1.62. The van der Waals surface area contributed by atoms with Crippen LogP contribution in [0, 0.1) is 0 Å². The molecule has 0 atom stereocenters. The van der Waals surface area contributed by atoms with Gasteiger partial charge in [0.05, 0.1) is 6.54 Å². The molecule has 0 N–H and O–H groups in total. The van der Waals surface area contributed by atoms with Crippen molar-refractivity contribution in [3.8, 4) is 5.75 Å². The van der Waals surface area contributed by atoms with Crippen LogP contribution in [-0.2, 0) is 11.3 Å². The number of rotatable bonds is 6. The zero-order valence-electron chi connectivity index (χ0n) is 12.0. The molecule has 0 aliphatic rings. The molecule has 0 unspecified atom stereocenters. The largest absolute Gasteiger partial charge is 0.484 e. The first-order valence-corrected chi connectivity index (χ1v) is 7.44. The molecule has 110 valence electrons. The van der Waals surface area contributed by atoms with Crippen molar-refractivity contribution in [2.75, 3.05) is 13.7 Å². The lowest BCUT2D eigenvalue weighted by Gasteiger charge is -2.16. The van der Waals surface area contributed by atoms with Gasteiger partial charge in [-0.05, 0) is 30.5 Å². The number of ether oxygens (including phenoxy) is 1. The summed E-state index contributed by atoms with van der Waals surface area (Å²) < 4.78 is 5.46. The predicted octanol–water partition coefficient (Wildman–Crippen LogP) is 2.99. The normalized spacial score (nSPS) is 10.2. The van der Waals surface area contributed by atoms with Gasteiger partial charge in [0.15, 0.2) is 12.4 Å². The molecule has 0 bridgehead atoms. The fourth-order valence-electron chi connectivity index (χ4n) is 1.78. The van der Waals surface area contributed by atoms with Gasteiger partial charge < -0.3 is 9.64 Å². The minimum Gasteiger partial charge on any atom is -0.484 e. The van der Waals surface area contributed by atoms with E-state index >= 15 is 0 Å². The Labute approximate surface area is 128 Å². The van der Waals surface area contributed by atoms with Crippen LogP contribution in [-0.4, -0.2) is 30.2 Å². The highest BCUT2D eigenvalue weighted by atomic mass is 32.1. The molecule has 0 saturated heterocycles. The molecule has 0 fully saturated rings. The second kappa shape index (κ2) is 7.04. The molecular weight excluding hydrogens is 286 g/mol. The minimum atomic E-state index is -0.100. The van der Waals surface area contributed by atoms with Gasteiger partial charge >= 0.3 is 0 Å². The number of thiophene rings is 1. The molecular formula is C16H17NO3S. The van der Waals surface area contributed by atoms with Crippen LogP contribution in [0.5, 0.6) is 5.75 Å². The summed E-state index contributed by atoms with van der Waals surface area (Å²) in [5, 5.41) is 1.98. The summed E-state index contributed by atoms with van der Waals surface area (Å²) in [6.45, 7) is 2.04. The lowest BCUT2D eigenvalue weighted by Crippen LogP contribution is -2.30. The van der Waals surface area contributed by atoms with E-state index in [0.717, 1.165) is 4.88 Å². The van der Waals surface area contributed by atoms with Gasteiger partial charge in [-0.15, -0.1) is 11.3 Å². The maximum Gasteiger partial charge on any atom is 0.260 e. The smallest absolute Gasteiger partial charge is 0.260 e. The lowest BCUT2D eigenvalue weighted by molar-refractivity contribution is -0.132. The summed E-state index contributed by atoms with van der Waals surface area (Å²) in [4.78, 5) is 26.0. The van der Waals surface area contributed by atoms with Gasteiger partial charge in [-0.1, -0.05) is 18.2 Å². The minimum absolute atomic E-state index is 0.0263. The van der Waals surface area contributed by atoms with Crippen LogP contribution >= 0.6 is 11.3 Å². The van der Waals surface area contributed by atoms with Crippen molar-refractivity contribution in [2.24, 2.45) is 0 Å². The Kier molecular flexibility index (Phi) is 5.11. The Balaban J connectivity index is 1.88. The van der Waals surface area contributed by atoms with E-state index in [1.54, 1.807) is 47.5 Å². The summed E-state index contributed by atoms with van der Waals surface area (Å²) in [7, 11) is 1.75. The van der Waals surface area contributed by atoms with Gasteiger partial charge in [0.25, 0.3) is 5.91 Å². The highest BCUT2D eigenvalue weighted by molar-refractivity contribution is 7.09. The topological polar surface area (TPSA) is 46.6 Å². The van der Waals surface area contributed by atoms with E-state index in [1.165, 1.54) is 6.92 Å². The molecule has 0 spiro atoms. The molecule has 0 aliphatic heterocycles. The standard InChI is InChI=1S/C16H17NO3S/c1-12(18)13-5-3-6-14(9-13)20-11-16(19)17(2)10-15-7-4-8-21-15/h3-9H,10-11H2,1-2H3. The van der Waals surface area contributed by atoms with E-state index in [-0.39, 0.29) is 18.3 Å². The van der Waals surface area contributed by atoms with Crippen molar-refractivity contribution in [1.82, 2.24) is 4.90 Å². The number of carbonyl (C=O) groups excluding carboxylic acids is 2. The van der Waals surface area contributed by atoms with Gasteiger partial charge in [-0.2, -0.15) is 0 Å². The quantitative estimate of drug-likeness (QED) is 0.771. The van der Waals surface area contributed by atoms with Crippen LogP contribution in [0.15, 0.2) is 41.8 Å². The number of Topliss-reactive ketones (excluding diaryl/α,β-unsaturated/α-hetero) is 1. The first-order valence-electron chi connectivity index (χ1n) is 6.56. The number of likely N-dealkylation sites (N-methyl/N-ethyl adjacent to an activating group) is 1. The molecule has 0 saturated carbocycles. The van der Waals surface area contributed by atoms with E-state index in [2.05, 4.69) is 0 Å². The Bertz CT molecular complexity index is 622. The third kappa shape index (κ3) is 4.43. The van der Waals surface area contributed by atoms with Gasteiger partial charge in [0.1, 0.15) is 5.75 Å². The number of hydrogen-bond acceptors (Lipinski definition) is 4. The van der Waals surface area contributed by atoms with E-state index in [4.69, 9.17) is 4.74 Å². The second-order valence-corrected chi connectivity index (χ2v) is 5.73. The number of carbonyl (C=O) groups is 2. The van der Waals surface area contributed by atoms with Crippen LogP contribution in [0.2, 0.25) is 0 Å². The van der Waals surface area contributed by atoms with E-state index in [9.17, 15) is 9.59 Å². The summed E-state index contributed by atoms with van der Waals surface area (Å²) in [5.41, 5.74) is 0.576. The molecule has 21 heavy (non-hydrogen) atoms. The summed E-state index contributed by atoms with van der Waals surface area (Å²) in [5.74, 6) is 0.402. The van der Waals surface area contributed by atoms with Gasteiger partial charge in [-0.25, -0.2) is 0 Å². The first-order chi connectivity index (χ1) is 10.1. The van der Waals surface area contributed by atoms with Gasteiger partial charge in [-0.3, -0.25) is 9.59 Å². The molecule has 1 heterocycles. The lowest BCUT2D eigenvalue weighted by atomic mass is 10.1. The van der Waals surface area contributed by atoms with Crippen molar-refractivity contribution < 1.29 is 14.3 Å². The second-order valence-electron chi connectivity index (χ2n) is 4.70. The average Bonchev–Trinajstić information content (AvgIpc) is 2.97. The zero-order valence-corrected chi connectivity index (χ0v) is 12.9. The zero-order chi connectivity index (χ0) is 15.2. The third-order valence-corrected chi connectivity index (χ3v) is 3.86. The third-order valence-electron chi connectivity index (χ3n) is 3.00. The molecule has 1 amide bonds. The van der Waals surface area contributed by atoms with Crippen molar-refractivity contribution in [2.45, 2.75) is 13.5 Å². The fourth-order valence-corrected chi connectivity index (χ4v) is 2.54. The average molecular weight is 303 g/mol. The maximum absolute atomic E-state index is 12.0. The van der Waals surface area contributed by atoms with Gasteiger partial charge in [0.2, 0.25) is 0 Å². The fraction of sp³-hybridized carbons (Fsp3) is 0.250. The Hall–Kier alpha value is -2.14. The molecule has 4 nitrogen and oxygen atoms in total. The molecule has 5 heteroatoms. The number of nitrogens with zero attached hydrogens (tertiary/aromatic N) is 1. The molecule has 2 rings (SSSR count). The Morgan fingerprint density at radius 3 is 2.71 bits per heavy atom. The number of hydrogen-bond donors (Lipinski definition) is 0. The van der Waals surface area contributed by atoms with Crippen LogP contribution in [0.3, 0.4) is 0 Å². The van der Waals surface area contributed by atoms with Crippen LogP contribution in [0.4, 0.5) is 0 Å². The van der Waals surface area contributed by atoms with Crippen LogP contribution in [0.25, 0.3) is 0 Å². The van der Waals surface area contributed by atoms with Crippen molar-refractivity contribution >= 4 is 23.0 Å². The SMILES string of the molecule is CC(=O)c1cccc(OCC(=O)N(C)Cc2cccs2)c1. The van der Waals surface area contributed by atoms with Crippen molar-refractivity contribution in [3.05, 3.63) is 52.2 Å². The number of ketones is 1. The molecule has 2 aromatic rings. The Morgan fingerprint density at radius 1 is 1.24 bits per heavy atom. The van der Waals surface area contributed by atoms with Crippen LogP contribution in [0.1, 0.15) is 22.2 Å². The van der Waals surface area contributed by atoms with Gasteiger partial charge in [0, 0.05) is 17.5 Å². The molecule has 0 aliphatic carbocycles. The highest BCUT2D eigenvalue weighted by Gasteiger charge is 2.11. The number of amides is 1. The van der Waals surface area contributed by atoms with E-state index in [1.807, 2.05) is 17.5 Å². The summed E-state index contributed by atoms with van der Waals surface area (Å²) in [6, 6.07) is 10.8. The first kappa shape index (κ1) is 15.3. The monoisotopic (exact) mass is 303 g/mol. The molecule has 1 aromatic carbocycles. The molecule has 1 aromatic heterocycles. The van der Waals surface area contributed by atoms with Crippen LogP contribution < -0.4 is 4.74 Å². The summed E-state index contributed by atoms with van der Waals surface area (Å²) in [6.07, 6.45) is 0.